The highest BCUT2D eigenvalue weighted by Gasteiger charge is 2.38. The van der Waals surface area contributed by atoms with Crippen molar-refractivity contribution in [2.75, 3.05) is 20.7 Å². The lowest BCUT2D eigenvalue weighted by molar-refractivity contribution is -0.143. The zero-order valence-electron chi connectivity index (χ0n) is 16.5. The SMILES string of the molecule is CCOC(=O)Cn1cc(C(C)(C)C)cc1C=C1C(=O)N(C)C(=O)N(C)C1=O. The molecule has 1 aliphatic heterocycles. The number of imide groups is 2. The molecule has 1 aromatic rings. The first-order valence-electron chi connectivity index (χ1n) is 8.65. The maximum absolute atomic E-state index is 12.4. The summed E-state index contributed by atoms with van der Waals surface area (Å²) in [6, 6.07) is 1.14. The Labute approximate surface area is 158 Å². The van der Waals surface area contributed by atoms with Crippen LogP contribution in [0.5, 0.6) is 0 Å². The summed E-state index contributed by atoms with van der Waals surface area (Å²) in [6.45, 7) is 7.99. The smallest absolute Gasteiger partial charge is 0.333 e. The number of hydrogen-bond donors (Lipinski definition) is 0. The summed E-state index contributed by atoms with van der Waals surface area (Å²) >= 11 is 0. The first kappa shape index (κ1) is 20.4. The largest absolute Gasteiger partial charge is 0.465 e. The van der Waals surface area contributed by atoms with E-state index in [0.717, 1.165) is 15.4 Å². The van der Waals surface area contributed by atoms with Crippen LogP contribution in [-0.4, -0.2) is 58.9 Å². The molecule has 0 unspecified atom stereocenters. The monoisotopic (exact) mass is 375 g/mol. The molecular weight excluding hydrogens is 350 g/mol. The zero-order valence-corrected chi connectivity index (χ0v) is 16.5. The van der Waals surface area contributed by atoms with Gasteiger partial charge < -0.3 is 9.30 Å². The quantitative estimate of drug-likeness (QED) is 0.455. The highest BCUT2D eigenvalue weighted by atomic mass is 16.5. The third-order valence-corrected chi connectivity index (χ3v) is 4.34. The van der Waals surface area contributed by atoms with Gasteiger partial charge in [-0.2, -0.15) is 0 Å². The van der Waals surface area contributed by atoms with E-state index in [9.17, 15) is 19.2 Å². The summed E-state index contributed by atoms with van der Waals surface area (Å²) in [5, 5.41) is 0. The topological polar surface area (TPSA) is 88.9 Å². The third kappa shape index (κ3) is 4.10. The Morgan fingerprint density at radius 2 is 1.67 bits per heavy atom. The van der Waals surface area contributed by atoms with Gasteiger partial charge in [0.05, 0.1) is 6.61 Å². The van der Waals surface area contributed by atoms with Gasteiger partial charge in [-0.3, -0.25) is 24.2 Å². The van der Waals surface area contributed by atoms with Gasteiger partial charge in [-0.25, -0.2) is 4.79 Å². The van der Waals surface area contributed by atoms with E-state index in [1.165, 1.54) is 20.2 Å². The van der Waals surface area contributed by atoms with Crippen molar-refractivity contribution in [2.45, 2.75) is 39.7 Å². The average molecular weight is 375 g/mol. The molecule has 0 spiro atoms. The van der Waals surface area contributed by atoms with Crippen LogP contribution < -0.4 is 0 Å². The second-order valence-electron chi connectivity index (χ2n) is 7.41. The van der Waals surface area contributed by atoms with Crippen LogP contribution in [0.15, 0.2) is 17.8 Å². The minimum atomic E-state index is -0.681. The minimum Gasteiger partial charge on any atom is -0.465 e. The number of amides is 4. The molecule has 1 saturated heterocycles. The number of carbonyl (C=O) groups excluding carboxylic acids is 4. The van der Waals surface area contributed by atoms with Crippen LogP contribution >= 0.6 is 0 Å². The first-order valence-corrected chi connectivity index (χ1v) is 8.65. The van der Waals surface area contributed by atoms with Crippen molar-refractivity contribution >= 4 is 29.9 Å². The summed E-state index contributed by atoms with van der Waals surface area (Å²) in [5.74, 6) is -1.77. The van der Waals surface area contributed by atoms with E-state index in [0.29, 0.717) is 5.69 Å². The van der Waals surface area contributed by atoms with Gasteiger partial charge in [-0.15, -0.1) is 0 Å². The normalized spacial score (nSPS) is 15.5. The van der Waals surface area contributed by atoms with Gasteiger partial charge in [0.2, 0.25) is 0 Å². The van der Waals surface area contributed by atoms with Gasteiger partial charge in [0.15, 0.2) is 0 Å². The Morgan fingerprint density at radius 3 is 2.15 bits per heavy atom. The maximum atomic E-state index is 12.4. The molecule has 1 fully saturated rings. The van der Waals surface area contributed by atoms with Gasteiger partial charge >= 0.3 is 12.0 Å². The predicted molar refractivity (Wildman–Crippen MR) is 98.7 cm³/mol. The molecule has 2 rings (SSSR count). The van der Waals surface area contributed by atoms with Crippen molar-refractivity contribution in [3.63, 3.8) is 0 Å². The van der Waals surface area contributed by atoms with E-state index < -0.39 is 23.8 Å². The molecule has 0 saturated carbocycles. The van der Waals surface area contributed by atoms with Crippen LogP contribution in [0.25, 0.3) is 6.08 Å². The van der Waals surface area contributed by atoms with E-state index in [2.05, 4.69) is 0 Å². The van der Waals surface area contributed by atoms with Crippen LogP contribution in [0.3, 0.4) is 0 Å². The summed E-state index contributed by atoms with van der Waals surface area (Å²) in [5.41, 5.74) is 1.12. The van der Waals surface area contributed by atoms with Crippen molar-refractivity contribution in [3.8, 4) is 0 Å². The fourth-order valence-electron chi connectivity index (χ4n) is 2.66. The highest BCUT2D eigenvalue weighted by molar-refractivity contribution is 6.30. The number of rotatable bonds is 4. The second-order valence-corrected chi connectivity index (χ2v) is 7.41. The molecule has 8 nitrogen and oxygen atoms in total. The predicted octanol–water partition coefficient (Wildman–Crippen LogP) is 1.78. The van der Waals surface area contributed by atoms with Crippen LogP contribution in [-0.2, 0) is 31.1 Å². The standard InChI is InChI=1S/C19H25N3O5/c1-7-27-15(23)11-22-10-12(19(2,3)4)8-13(22)9-14-16(24)20(5)18(26)21(6)17(14)25/h8-10H,7,11H2,1-6H3. The Balaban J connectivity index is 2.52. The number of likely N-dealkylation sites (N-methyl/N-ethyl adjacent to an activating group) is 2. The molecule has 1 aromatic heterocycles. The maximum Gasteiger partial charge on any atom is 0.333 e. The number of urea groups is 1. The number of barbiturate groups is 1. The van der Waals surface area contributed by atoms with E-state index in [1.54, 1.807) is 17.7 Å². The average Bonchev–Trinajstić information content (AvgIpc) is 2.98. The van der Waals surface area contributed by atoms with Crippen molar-refractivity contribution in [1.29, 1.82) is 0 Å². The Morgan fingerprint density at radius 1 is 1.11 bits per heavy atom. The number of carbonyl (C=O) groups is 4. The number of nitrogens with zero attached hydrogens (tertiary/aromatic N) is 3. The van der Waals surface area contributed by atoms with E-state index >= 15 is 0 Å². The van der Waals surface area contributed by atoms with Gasteiger partial charge in [0, 0.05) is 26.0 Å². The van der Waals surface area contributed by atoms with Crippen LogP contribution in [0.4, 0.5) is 4.79 Å². The van der Waals surface area contributed by atoms with Gasteiger partial charge in [-0.1, -0.05) is 20.8 Å². The Bertz CT molecular complexity index is 803. The van der Waals surface area contributed by atoms with Crippen molar-refractivity contribution in [1.82, 2.24) is 14.4 Å². The van der Waals surface area contributed by atoms with Gasteiger partial charge in [0.1, 0.15) is 12.1 Å². The number of esters is 1. The molecule has 27 heavy (non-hydrogen) atoms. The van der Waals surface area contributed by atoms with Crippen molar-refractivity contribution in [3.05, 3.63) is 29.1 Å². The zero-order chi connectivity index (χ0) is 20.5. The van der Waals surface area contributed by atoms with E-state index in [1.807, 2.05) is 26.8 Å². The number of aromatic nitrogens is 1. The fourth-order valence-corrected chi connectivity index (χ4v) is 2.66. The molecule has 146 valence electrons. The number of ether oxygens (including phenoxy) is 1. The molecule has 4 amide bonds. The lowest BCUT2D eigenvalue weighted by Gasteiger charge is -2.28. The number of hydrogen-bond acceptors (Lipinski definition) is 5. The molecule has 0 N–H and O–H groups in total. The van der Waals surface area contributed by atoms with Crippen molar-refractivity contribution < 1.29 is 23.9 Å². The third-order valence-electron chi connectivity index (χ3n) is 4.34. The summed E-state index contributed by atoms with van der Waals surface area (Å²) in [7, 11) is 2.64. The summed E-state index contributed by atoms with van der Waals surface area (Å²) < 4.78 is 6.64. The Hall–Kier alpha value is -2.90. The molecule has 0 aromatic carbocycles. The first-order chi connectivity index (χ1) is 12.5. The minimum absolute atomic E-state index is 0.0456. The molecule has 0 aliphatic carbocycles. The van der Waals surface area contributed by atoms with Crippen LogP contribution in [0.2, 0.25) is 0 Å². The molecule has 0 atom stereocenters. The Kier molecular flexibility index (Phi) is 5.58. The lowest BCUT2D eigenvalue weighted by Crippen LogP contribution is -2.52. The highest BCUT2D eigenvalue weighted by Crippen LogP contribution is 2.27. The van der Waals surface area contributed by atoms with Gasteiger partial charge in [-0.05, 0) is 30.0 Å². The van der Waals surface area contributed by atoms with Crippen LogP contribution in [0, 0.1) is 0 Å². The fraction of sp³-hybridized carbons (Fsp3) is 0.474. The molecule has 8 heteroatoms. The van der Waals surface area contributed by atoms with Crippen LogP contribution in [0.1, 0.15) is 39.0 Å². The molecule has 2 heterocycles. The lowest BCUT2D eigenvalue weighted by atomic mass is 9.89. The van der Waals surface area contributed by atoms with Crippen molar-refractivity contribution in [2.24, 2.45) is 0 Å². The summed E-state index contributed by atoms with van der Waals surface area (Å²) in [6.07, 6.45) is 3.22. The van der Waals surface area contributed by atoms with E-state index in [-0.39, 0.29) is 24.1 Å². The summed E-state index contributed by atoms with van der Waals surface area (Å²) in [4.78, 5) is 50.4. The molecule has 0 radical (unpaired) electrons. The van der Waals surface area contributed by atoms with E-state index in [4.69, 9.17) is 4.74 Å². The molecule has 1 aliphatic rings. The molecule has 0 bridgehead atoms. The van der Waals surface area contributed by atoms with Gasteiger partial charge in [0.25, 0.3) is 11.8 Å². The second kappa shape index (κ2) is 7.38. The molecular formula is C19H25N3O5.